The standard InChI is InChI=1S/C12H14BrNO3/c1-14(8-2-4-9(15)5-3-8)12(16)10-6-7-17-11(10)13/h6-8H,2-5H2,1H3. The van der Waals surface area contributed by atoms with Crippen molar-refractivity contribution in [3.05, 3.63) is 22.6 Å². The Morgan fingerprint density at radius 3 is 2.65 bits per heavy atom. The van der Waals surface area contributed by atoms with Crippen LogP contribution in [0, 0.1) is 0 Å². The van der Waals surface area contributed by atoms with Gasteiger partial charge in [-0.1, -0.05) is 0 Å². The molecule has 0 radical (unpaired) electrons. The molecule has 0 atom stereocenters. The van der Waals surface area contributed by atoms with Crippen molar-refractivity contribution in [2.45, 2.75) is 31.7 Å². The van der Waals surface area contributed by atoms with Crippen LogP contribution >= 0.6 is 15.9 Å². The molecule has 0 saturated heterocycles. The van der Waals surface area contributed by atoms with Crippen LogP contribution in [0.5, 0.6) is 0 Å². The van der Waals surface area contributed by atoms with E-state index >= 15 is 0 Å². The Balaban J connectivity index is 2.05. The number of halogens is 1. The minimum absolute atomic E-state index is 0.0648. The van der Waals surface area contributed by atoms with E-state index < -0.39 is 0 Å². The maximum atomic E-state index is 12.2. The number of carbonyl (C=O) groups is 2. The predicted molar refractivity (Wildman–Crippen MR) is 65.8 cm³/mol. The molecule has 1 aromatic heterocycles. The SMILES string of the molecule is CN(C(=O)c1ccoc1Br)C1CCC(=O)CC1. The minimum Gasteiger partial charge on any atom is -0.457 e. The summed E-state index contributed by atoms with van der Waals surface area (Å²) in [5.74, 6) is 0.233. The van der Waals surface area contributed by atoms with Gasteiger partial charge in [0.1, 0.15) is 5.78 Å². The molecule has 1 saturated carbocycles. The number of carbonyl (C=O) groups excluding carboxylic acids is 2. The van der Waals surface area contributed by atoms with Crippen LogP contribution in [0.1, 0.15) is 36.0 Å². The fraction of sp³-hybridized carbons (Fsp3) is 0.500. The van der Waals surface area contributed by atoms with Crippen molar-refractivity contribution in [2.24, 2.45) is 0 Å². The van der Waals surface area contributed by atoms with E-state index in [0.717, 1.165) is 12.8 Å². The highest BCUT2D eigenvalue weighted by atomic mass is 79.9. The number of hydrogen-bond donors (Lipinski definition) is 0. The highest BCUT2D eigenvalue weighted by molar-refractivity contribution is 9.10. The Bertz CT molecular complexity index is 431. The molecule has 1 fully saturated rings. The molecule has 1 aliphatic rings. The van der Waals surface area contributed by atoms with Gasteiger partial charge >= 0.3 is 0 Å². The van der Waals surface area contributed by atoms with Crippen molar-refractivity contribution in [1.29, 1.82) is 0 Å². The quantitative estimate of drug-likeness (QED) is 0.843. The van der Waals surface area contributed by atoms with Crippen LogP contribution in [0.15, 0.2) is 21.4 Å². The number of Topliss-reactive ketones (excluding diaryl/α,β-unsaturated/α-hetero) is 1. The van der Waals surface area contributed by atoms with Gasteiger partial charge in [0.05, 0.1) is 11.8 Å². The second-order valence-corrected chi connectivity index (χ2v) is 5.01. The van der Waals surface area contributed by atoms with E-state index in [1.807, 2.05) is 0 Å². The van der Waals surface area contributed by atoms with Crippen molar-refractivity contribution in [3.8, 4) is 0 Å². The number of furan rings is 1. The number of amides is 1. The third kappa shape index (κ3) is 2.60. The van der Waals surface area contributed by atoms with E-state index in [-0.39, 0.29) is 11.9 Å². The van der Waals surface area contributed by atoms with Crippen LogP contribution in [0.25, 0.3) is 0 Å². The number of ketones is 1. The summed E-state index contributed by atoms with van der Waals surface area (Å²) in [6, 6.07) is 1.80. The molecule has 1 heterocycles. The van der Waals surface area contributed by atoms with Crippen molar-refractivity contribution >= 4 is 27.6 Å². The molecule has 2 rings (SSSR count). The molecular weight excluding hydrogens is 286 g/mol. The van der Waals surface area contributed by atoms with Crippen LogP contribution in [0.2, 0.25) is 0 Å². The van der Waals surface area contributed by atoms with Gasteiger partial charge in [-0.2, -0.15) is 0 Å². The summed E-state index contributed by atoms with van der Waals surface area (Å²) in [5, 5.41) is 0. The van der Waals surface area contributed by atoms with Crippen molar-refractivity contribution in [1.82, 2.24) is 4.90 Å². The largest absolute Gasteiger partial charge is 0.457 e. The lowest BCUT2D eigenvalue weighted by molar-refractivity contribution is -0.121. The predicted octanol–water partition coefficient (Wildman–Crippen LogP) is 2.63. The Kier molecular flexibility index (Phi) is 3.66. The molecule has 92 valence electrons. The first-order valence-corrected chi connectivity index (χ1v) is 6.40. The average Bonchev–Trinajstić information content (AvgIpc) is 2.74. The first-order chi connectivity index (χ1) is 8.09. The third-order valence-corrected chi connectivity index (χ3v) is 3.84. The second kappa shape index (κ2) is 5.04. The molecule has 1 aliphatic carbocycles. The zero-order chi connectivity index (χ0) is 12.4. The average molecular weight is 300 g/mol. The van der Waals surface area contributed by atoms with Gasteiger partial charge in [-0.05, 0) is 34.8 Å². The van der Waals surface area contributed by atoms with Crippen molar-refractivity contribution in [2.75, 3.05) is 7.05 Å². The van der Waals surface area contributed by atoms with E-state index in [4.69, 9.17) is 4.42 Å². The van der Waals surface area contributed by atoms with Gasteiger partial charge in [0.2, 0.25) is 0 Å². The monoisotopic (exact) mass is 299 g/mol. The molecule has 0 unspecified atom stereocenters. The zero-order valence-corrected chi connectivity index (χ0v) is 11.2. The van der Waals surface area contributed by atoms with Gasteiger partial charge < -0.3 is 9.32 Å². The third-order valence-electron chi connectivity index (χ3n) is 3.23. The van der Waals surface area contributed by atoms with Gasteiger partial charge in [0.15, 0.2) is 4.67 Å². The summed E-state index contributed by atoms with van der Waals surface area (Å²) >= 11 is 3.20. The number of nitrogens with zero attached hydrogens (tertiary/aromatic N) is 1. The lowest BCUT2D eigenvalue weighted by atomic mass is 9.93. The Labute approximate surface area is 108 Å². The summed E-state index contributed by atoms with van der Waals surface area (Å²) in [6.45, 7) is 0. The highest BCUT2D eigenvalue weighted by Gasteiger charge is 2.27. The molecule has 0 aliphatic heterocycles. The van der Waals surface area contributed by atoms with Gasteiger partial charge in [-0.3, -0.25) is 9.59 Å². The van der Waals surface area contributed by atoms with Gasteiger partial charge in [-0.25, -0.2) is 0 Å². The maximum absolute atomic E-state index is 12.2. The Hall–Kier alpha value is -1.10. The number of rotatable bonds is 2. The zero-order valence-electron chi connectivity index (χ0n) is 9.61. The van der Waals surface area contributed by atoms with Crippen molar-refractivity contribution < 1.29 is 14.0 Å². The minimum atomic E-state index is -0.0648. The lowest BCUT2D eigenvalue weighted by Gasteiger charge is -2.30. The van der Waals surface area contributed by atoms with E-state index in [1.165, 1.54) is 6.26 Å². The number of hydrogen-bond acceptors (Lipinski definition) is 3. The molecule has 1 amide bonds. The molecule has 17 heavy (non-hydrogen) atoms. The molecule has 0 spiro atoms. The first-order valence-electron chi connectivity index (χ1n) is 5.61. The van der Waals surface area contributed by atoms with Crippen LogP contribution < -0.4 is 0 Å². The highest BCUT2D eigenvalue weighted by Crippen LogP contribution is 2.24. The second-order valence-electron chi connectivity index (χ2n) is 4.29. The normalized spacial score (nSPS) is 17.2. The lowest BCUT2D eigenvalue weighted by Crippen LogP contribution is -2.39. The topological polar surface area (TPSA) is 50.5 Å². The maximum Gasteiger partial charge on any atom is 0.258 e. The Morgan fingerprint density at radius 1 is 1.47 bits per heavy atom. The van der Waals surface area contributed by atoms with Crippen LogP contribution in [0.3, 0.4) is 0 Å². The summed E-state index contributed by atoms with van der Waals surface area (Å²) in [6.07, 6.45) is 4.16. The fourth-order valence-corrected chi connectivity index (χ4v) is 2.52. The molecule has 1 aromatic rings. The van der Waals surface area contributed by atoms with Crippen LogP contribution in [-0.4, -0.2) is 29.7 Å². The summed E-state index contributed by atoms with van der Waals surface area (Å²) in [4.78, 5) is 25.0. The van der Waals surface area contributed by atoms with Gasteiger partial charge in [-0.15, -0.1) is 0 Å². The smallest absolute Gasteiger partial charge is 0.258 e. The summed E-state index contributed by atoms with van der Waals surface area (Å²) in [7, 11) is 1.78. The van der Waals surface area contributed by atoms with Crippen LogP contribution in [0.4, 0.5) is 0 Å². The van der Waals surface area contributed by atoms with E-state index in [2.05, 4.69) is 15.9 Å². The van der Waals surface area contributed by atoms with E-state index in [9.17, 15) is 9.59 Å². The van der Waals surface area contributed by atoms with Gasteiger partial charge in [0.25, 0.3) is 5.91 Å². The molecule has 5 heteroatoms. The molecule has 0 aromatic carbocycles. The summed E-state index contributed by atoms with van der Waals surface area (Å²) in [5.41, 5.74) is 0.532. The fourth-order valence-electron chi connectivity index (χ4n) is 2.11. The molecule has 0 N–H and O–H groups in total. The van der Waals surface area contributed by atoms with E-state index in [0.29, 0.717) is 28.9 Å². The van der Waals surface area contributed by atoms with Crippen molar-refractivity contribution in [3.63, 3.8) is 0 Å². The van der Waals surface area contributed by atoms with Gasteiger partial charge in [0, 0.05) is 25.9 Å². The van der Waals surface area contributed by atoms with E-state index in [1.54, 1.807) is 18.0 Å². The molecule has 4 nitrogen and oxygen atoms in total. The Morgan fingerprint density at radius 2 is 2.12 bits per heavy atom. The van der Waals surface area contributed by atoms with Crippen LogP contribution in [-0.2, 0) is 4.79 Å². The summed E-state index contributed by atoms with van der Waals surface area (Å²) < 4.78 is 5.51. The molecule has 0 bridgehead atoms. The molecular formula is C12H14BrNO3. The first kappa shape index (κ1) is 12.4.